The van der Waals surface area contributed by atoms with Crippen LogP contribution in [0.15, 0.2) is 103 Å². The summed E-state index contributed by atoms with van der Waals surface area (Å²) < 4.78 is 11.7. The number of nitrogens with one attached hydrogen (secondary N) is 1. The molecule has 0 unspecified atom stereocenters. The molecule has 0 fully saturated rings. The van der Waals surface area contributed by atoms with E-state index >= 15 is 0 Å². The van der Waals surface area contributed by atoms with Crippen molar-refractivity contribution in [3.63, 3.8) is 0 Å². The molecule has 1 N–H and O–H groups in total. The van der Waals surface area contributed by atoms with Crippen molar-refractivity contribution in [2.45, 2.75) is 13.0 Å². The number of benzene rings is 3. The first-order chi connectivity index (χ1) is 15.7. The van der Waals surface area contributed by atoms with Gasteiger partial charge in [0.2, 0.25) is 5.88 Å². The highest BCUT2D eigenvalue weighted by molar-refractivity contribution is 5.91. The van der Waals surface area contributed by atoms with Gasteiger partial charge < -0.3 is 14.8 Å². The molecule has 5 heteroatoms. The Morgan fingerprint density at radius 1 is 0.844 bits per heavy atom. The molecule has 32 heavy (non-hydrogen) atoms. The molecule has 0 aliphatic carbocycles. The fourth-order valence-electron chi connectivity index (χ4n) is 3.21. The molecular formula is C27H24N2O3. The van der Waals surface area contributed by atoms with Crippen molar-refractivity contribution >= 4 is 11.6 Å². The number of rotatable bonds is 8. The van der Waals surface area contributed by atoms with Crippen LogP contribution in [0.1, 0.15) is 22.8 Å². The Balaban J connectivity index is 1.39. The number of aryl methyl sites for hydroxylation is 1. The van der Waals surface area contributed by atoms with Crippen LogP contribution in [0, 0.1) is 6.92 Å². The maximum absolute atomic E-state index is 12.2. The number of hydrogen-bond acceptors (Lipinski definition) is 4. The van der Waals surface area contributed by atoms with Crippen LogP contribution in [-0.2, 0) is 4.79 Å². The van der Waals surface area contributed by atoms with Gasteiger partial charge in [-0.05, 0) is 36.2 Å². The molecular weight excluding hydrogens is 400 g/mol. The standard InChI is InChI=1S/C27H24N2O3/c1-20-12-15-24(16-13-20)31-19-25(30)29-23-14-17-26(28-18-23)32-27(21-8-4-2-5-9-21)22-10-6-3-7-11-22/h2-18,27H,19H2,1H3,(H,29,30). The van der Waals surface area contributed by atoms with Crippen LogP contribution < -0.4 is 14.8 Å². The summed E-state index contributed by atoms with van der Waals surface area (Å²) in [5.74, 6) is 0.865. The summed E-state index contributed by atoms with van der Waals surface area (Å²) >= 11 is 0. The van der Waals surface area contributed by atoms with Crippen molar-refractivity contribution in [3.05, 3.63) is 120 Å². The van der Waals surface area contributed by atoms with E-state index in [0.29, 0.717) is 17.3 Å². The minimum atomic E-state index is -0.284. The molecule has 0 radical (unpaired) electrons. The number of carbonyl (C=O) groups is 1. The number of amides is 1. The lowest BCUT2D eigenvalue weighted by Crippen LogP contribution is -2.20. The van der Waals surface area contributed by atoms with Crippen LogP contribution in [0.2, 0.25) is 0 Å². The summed E-state index contributed by atoms with van der Waals surface area (Å²) in [6.07, 6.45) is 1.29. The van der Waals surface area contributed by atoms with E-state index in [1.54, 1.807) is 18.3 Å². The Morgan fingerprint density at radius 3 is 2.03 bits per heavy atom. The van der Waals surface area contributed by atoms with Crippen LogP contribution in [0.4, 0.5) is 5.69 Å². The number of pyridine rings is 1. The Hall–Kier alpha value is -4.12. The number of nitrogens with zero attached hydrogens (tertiary/aromatic N) is 1. The molecule has 0 bridgehead atoms. The van der Waals surface area contributed by atoms with E-state index < -0.39 is 0 Å². The number of aromatic nitrogens is 1. The lowest BCUT2D eigenvalue weighted by atomic mass is 10.0. The summed E-state index contributed by atoms with van der Waals surface area (Å²) in [6.45, 7) is 1.92. The predicted octanol–water partition coefficient (Wildman–Crippen LogP) is 5.58. The van der Waals surface area contributed by atoms with E-state index in [-0.39, 0.29) is 18.6 Å². The van der Waals surface area contributed by atoms with Gasteiger partial charge in [0.1, 0.15) is 5.75 Å². The molecule has 3 aromatic carbocycles. The average molecular weight is 425 g/mol. The van der Waals surface area contributed by atoms with Gasteiger partial charge in [0, 0.05) is 6.07 Å². The number of anilines is 1. The molecule has 0 aliphatic heterocycles. The van der Waals surface area contributed by atoms with Crippen LogP contribution in [0.5, 0.6) is 11.6 Å². The Kier molecular flexibility index (Phi) is 6.78. The van der Waals surface area contributed by atoms with E-state index in [0.717, 1.165) is 16.7 Å². The molecule has 1 amide bonds. The summed E-state index contributed by atoms with van der Waals surface area (Å²) in [4.78, 5) is 16.6. The minimum Gasteiger partial charge on any atom is -0.484 e. The third-order valence-electron chi connectivity index (χ3n) is 4.85. The highest BCUT2D eigenvalue weighted by atomic mass is 16.5. The first kappa shape index (κ1) is 21.1. The van der Waals surface area contributed by atoms with Gasteiger partial charge in [-0.2, -0.15) is 0 Å². The molecule has 0 atom stereocenters. The van der Waals surface area contributed by atoms with Crippen LogP contribution in [0.3, 0.4) is 0 Å². The molecule has 0 saturated heterocycles. The van der Waals surface area contributed by atoms with Gasteiger partial charge in [0.15, 0.2) is 12.7 Å². The Morgan fingerprint density at radius 2 is 1.47 bits per heavy atom. The smallest absolute Gasteiger partial charge is 0.262 e. The maximum atomic E-state index is 12.2. The second-order valence-corrected chi connectivity index (χ2v) is 7.35. The topological polar surface area (TPSA) is 60.5 Å². The second kappa shape index (κ2) is 10.3. The zero-order chi connectivity index (χ0) is 22.2. The van der Waals surface area contributed by atoms with Crippen molar-refractivity contribution in [2.75, 3.05) is 11.9 Å². The summed E-state index contributed by atoms with van der Waals surface area (Å²) in [5, 5.41) is 2.79. The summed E-state index contributed by atoms with van der Waals surface area (Å²) in [6, 6.07) is 31.1. The third-order valence-corrected chi connectivity index (χ3v) is 4.85. The van der Waals surface area contributed by atoms with Crippen molar-refractivity contribution in [1.29, 1.82) is 0 Å². The molecule has 1 heterocycles. The van der Waals surface area contributed by atoms with Crippen molar-refractivity contribution < 1.29 is 14.3 Å². The minimum absolute atomic E-state index is 0.0780. The maximum Gasteiger partial charge on any atom is 0.262 e. The number of ether oxygens (including phenoxy) is 2. The highest BCUT2D eigenvalue weighted by Gasteiger charge is 2.16. The number of hydrogen-bond donors (Lipinski definition) is 1. The predicted molar refractivity (Wildman–Crippen MR) is 125 cm³/mol. The Labute approximate surface area is 187 Å². The molecule has 4 rings (SSSR count). The average Bonchev–Trinajstić information content (AvgIpc) is 2.84. The monoisotopic (exact) mass is 424 g/mol. The van der Waals surface area contributed by atoms with Gasteiger partial charge >= 0.3 is 0 Å². The molecule has 0 spiro atoms. The SMILES string of the molecule is Cc1ccc(OCC(=O)Nc2ccc(OC(c3ccccc3)c3ccccc3)nc2)cc1. The van der Waals surface area contributed by atoms with Crippen LogP contribution >= 0.6 is 0 Å². The first-order valence-electron chi connectivity index (χ1n) is 10.4. The molecule has 0 aliphatic rings. The zero-order valence-electron chi connectivity index (χ0n) is 17.8. The largest absolute Gasteiger partial charge is 0.484 e. The summed E-state index contributed by atoms with van der Waals surface area (Å²) in [5.41, 5.74) is 3.78. The Bertz CT molecular complexity index is 1090. The van der Waals surface area contributed by atoms with Gasteiger partial charge in [0.25, 0.3) is 5.91 Å². The zero-order valence-corrected chi connectivity index (χ0v) is 17.8. The van der Waals surface area contributed by atoms with Crippen LogP contribution in [0.25, 0.3) is 0 Å². The summed E-state index contributed by atoms with van der Waals surface area (Å²) in [7, 11) is 0. The lowest BCUT2D eigenvalue weighted by Gasteiger charge is -2.19. The van der Waals surface area contributed by atoms with E-state index in [1.165, 1.54) is 0 Å². The molecule has 4 aromatic rings. The van der Waals surface area contributed by atoms with E-state index in [4.69, 9.17) is 9.47 Å². The highest BCUT2D eigenvalue weighted by Crippen LogP contribution is 2.27. The first-order valence-corrected chi connectivity index (χ1v) is 10.4. The molecule has 5 nitrogen and oxygen atoms in total. The van der Waals surface area contributed by atoms with Crippen molar-refractivity contribution in [2.24, 2.45) is 0 Å². The van der Waals surface area contributed by atoms with E-state index in [1.807, 2.05) is 91.9 Å². The van der Waals surface area contributed by atoms with E-state index in [9.17, 15) is 4.79 Å². The lowest BCUT2D eigenvalue weighted by molar-refractivity contribution is -0.118. The van der Waals surface area contributed by atoms with Gasteiger partial charge in [-0.15, -0.1) is 0 Å². The third kappa shape index (κ3) is 5.73. The van der Waals surface area contributed by atoms with Gasteiger partial charge in [0.05, 0.1) is 11.9 Å². The number of carbonyl (C=O) groups excluding carboxylic acids is 1. The van der Waals surface area contributed by atoms with Crippen molar-refractivity contribution in [1.82, 2.24) is 4.98 Å². The van der Waals surface area contributed by atoms with Gasteiger partial charge in [-0.1, -0.05) is 78.4 Å². The fraction of sp³-hybridized carbons (Fsp3) is 0.111. The molecule has 160 valence electrons. The van der Waals surface area contributed by atoms with E-state index in [2.05, 4.69) is 10.3 Å². The molecule has 1 aromatic heterocycles. The molecule has 0 saturated carbocycles. The normalized spacial score (nSPS) is 10.6. The van der Waals surface area contributed by atoms with Crippen molar-refractivity contribution in [3.8, 4) is 11.6 Å². The van der Waals surface area contributed by atoms with Crippen LogP contribution in [-0.4, -0.2) is 17.5 Å². The quantitative estimate of drug-likeness (QED) is 0.401. The van der Waals surface area contributed by atoms with Gasteiger partial charge in [-0.25, -0.2) is 4.98 Å². The second-order valence-electron chi connectivity index (χ2n) is 7.35. The fourth-order valence-corrected chi connectivity index (χ4v) is 3.21. The van der Waals surface area contributed by atoms with Gasteiger partial charge in [-0.3, -0.25) is 4.79 Å².